The number of nitrogens with one attached hydrogen (secondary N) is 3. The quantitative estimate of drug-likeness (QED) is 0.349. The van der Waals surface area contributed by atoms with Crippen molar-refractivity contribution >= 4 is 40.7 Å². The third-order valence-corrected chi connectivity index (χ3v) is 4.80. The first-order valence-electron chi connectivity index (χ1n) is 9.93. The molecule has 0 aliphatic rings. The maximum atomic E-state index is 13.3. The van der Waals surface area contributed by atoms with Gasteiger partial charge in [0.2, 0.25) is 0 Å². The number of hydrogen-bond acceptors (Lipinski definition) is 2. The smallest absolute Gasteiger partial charge is 0.336 e. The van der Waals surface area contributed by atoms with Gasteiger partial charge in [-0.15, -0.1) is 0 Å². The van der Waals surface area contributed by atoms with Crippen LogP contribution < -0.4 is 20.9 Å². The monoisotopic (exact) mass is 494 g/mol. The first-order chi connectivity index (χ1) is 16.1. The van der Waals surface area contributed by atoms with Gasteiger partial charge in [-0.1, -0.05) is 17.7 Å². The number of halogens is 5. The van der Waals surface area contributed by atoms with Gasteiger partial charge in [0.05, 0.1) is 5.56 Å². The highest BCUT2D eigenvalue weighted by molar-refractivity contribution is 6.30. The fourth-order valence-electron chi connectivity index (χ4n) is 2.92. The largest absolute Gasteiger partial charge is 0.416 e. The van der Waals surface area contributed by atoms with E-state index in [1.807, 2.05) is 0 Å². The van der Waals surface area contributed by atoms with Crippen LogP contribution in [0.3, 0.4) is 0 Å². The summed E-state index contributed by atoms with van der Waals surface area (Å²) in [6.07, 6.45) is -4.54. The highest BCUT2D eigenvalue weighted by Crippen LogP contribution is 2.30. The average Bonchev–Trinajstić information content (AvgIpc) is 2.78. The number of carbonyl (C=O) groups is 2. The van der Waals surface area contributed by atoms with Crippen LogP contribution >= 0.6 is 11.6 Å². The molecule has 0 aromatic heterocycles. The molecule has 0 saturated heterocycles. The minimum atomic E-state index is -4.54. The maximum absolute atomic E-state index is 13.3. The maximum Gasteiger partial charge on any atom is 0.416 e. The summed E-state index contributed by atoms with van der Waals surface area (Å²) in [5.41, 5.74) is -0.0976. The van der Waals surface area contributed by atoms with Gasteiger partial charge in [0.25, 0.3) is 0 Å². The van der Waals surface area contributed by atoms with Crippen molar-refractivity contribution in [3.05, 3.63) is 89.2 Å². The number of carbonyl (C=O) groups excluding carboxylic acids is 2. The van der Waals surface area contributed by atoms with E-state index in [0.29, 0.717) is 16.4 Å². The van der Waals surface area contributed by atoms with Crippen LogP contribution in [0.2, 0.25) is 5.02 Å². The van der Waals surface area contributed by atoms with Crippen molar-refractivity contribution in [2.45, 2.75) is 6.18 Å². The molecule has 0 atom stereocenters. The third kappa shape index (κ3) is 7.11. The Bertz CT molecular complexity index is 1140. The van der Waals surface area contributed by atoms with E-state index in [1.165, 1.54) is 41.3 Å². The number of hydrogen-bond donors (Lipinski definition) is 3. The van der Waals surface area contributed by atoms with Crippen LogP contribution in [-0.2, 0) is 6.18 Å². The fraction of sp³-hybridized carbons (Fsp3) is 0.130. The molecule has 0 unspecified atom stereocenters. The molecule has 0 bridgehead atoms. The lowest BCUT2D eigenvalue weighted by atomic mass is 10.2. The summed E-state index contributed by atoms with van der Waals surface area (Å²) in [5.74, 6) is -0.486. The minimum Gasteiger partial charge on any atom is -0.336 e. The van der Waals surface area contributed by atoms with Crippen molar-refractivity contribution in [1.29, 1.82) is 0 Å². The van der Waals surface area contributed by atoms with Crippen LogP contribution in [0.4, 0.5) is 44.2 Å². The Kier molecular flexibility index (Phi) is 7.95. The highest BCUT2D eigenvalue weighted by atomic mass is 35.5. The van der Waals surface area contributed by atoms with Crippen molar-refractivity contribution in [3.8, 4) is 0 Å². The molecule has 3 N–H and O–H groups in total. The number of rotatable bonds is 6. The predicted octanol–water partition coefficient (Wildman–Crippen LogP) is 6.36. The lowest BCUT2D eigenvalue weighted by Gasteiger charge is -2.23. The first-order valence-corrected chi connectivity index (χ1v) is 10.3. The second-order valence-electron chi connectivity index (χ2n) is 7.02. The van der Waals surface area contributed by atoms with E-state index in [1.54, 1.807) is 24.3 Å². The number of amides is 4. The Balaban J connectivity index is 1.63. The van der Waals surface area contributed by atoms with E-state index in [-0.39, 0.29) is 18.8 Å². The van der Waals surface area contributed by atoms with Crippen LogP contribution in [0.1, 0.15) is 5.56 Å². The van der Waals surface area contributed by atoms with Gasteiger partial charge in [0.1, 0.15) is 5.82 Å². The Morgan fingerprint density at radius 2 is 1.56 bits per heavy atom. The number of anilines is 3. The van der Waals surface area contributed by atoms with Gasteiger partial charge in [0.15, 0.2) is 0 Å². The van der Waals surface area contributed by atoms with Gasteiger partial charge in [-0.2, -0.15) is 13.2 Å². The Labute approximate surface area is 197 Å². The van der Waals surface area contributed by atoms with Gasteiger partial charge in [0, 0.05) is 35.2 Å². The molecule has 0 radical (unpaired) electrons. The van der Waals surface area contributed by atoms with Crippen molar-refractivity contribution in [2.24, 2.45) is 0 Å². The SMILES string of the molecule is O=C(NCCN(C(=O)Nc1ccc(Cl)cc1)c1ccc(F)cc1)Nc1cccc(C(F)(F)F)c1. The van der Waals surface area contributed by atoms with E-state index in [4.69, 9.17) is 11.6 Å². The number of nitrogens with zero attached hydrogens (tertiary/aromatic N) is 1. The second-order valence-corrected chi connectivity index (χ2v) is 7.46. The molecule has 4 amide bonds. The molecule has 3 aromatic rings. The van der Waals surface area contributed by atoms with Crippen LogP contribution in [0.5, 0.6) is 0 Å². The van der Waals surface area contributed by atoms with E-state index in [9.17, 15) is 27.2 Å². The van der Waals surface area contributed by atoms with Crippen molar-refractivity contribution in [3.63, 3.8) is 0 Å². The number of alkyl halides is 3. The Hall–Kier alpha value is -3.79. The molecule has 0 aliphatic carbocycles. The standard InChI is InChI=1S/C23H19ClF4N4O2/c24-16-4-8-18(9-5-16)31-22(34)32(20-10-6-17(25)7-11-20)13-12-29-21(33)30-19-3-1-2-15(14-19)23(26,27)28/h1-11,14H,12-13H2,(H,31,34)(H2,29,30,33). The summed E-state index contributed by atoms with van der Waals surface area (Å²) in [5, 5.41) is 7.97. The van der Waals surface area contributed by atoms with Gasteiger partial charge in [-0.05, 0) is 66.7 Å². The predicted molar refractivity (Wildman–Crippen MR) is 123 cm³/mol. The minimum absolute atomic E-state index is 0.0128. The average molecular weight is 495 g/mol. The molecule has 3 aromatic carbocycles. The van der Waals surface area contributed by atoms with Crippen LogP contribution in [0.15, 0.2) is 72.8 Å². The van der Waals surface area contributed by atoms with Crippen LogP contribution in [0.25, 0.3) is 0 Å². The number of urea groups is 2. The lowest BCUT2D eigenvalue weighted by molar-refractivity contribution is -0.137. The summed E-state index contributed by atoms with van der Waals surface area (Å²) in [7, 11) is 0. The zero-order valence-corrected chi connectivity index (χ0v) is 18.3. The first kappa shape index (κ1) is 24.8. The molecule has 11 heteroatoms. The number of benzene rings is 3. The molecule has 0 aliphatic heterocycles. The molecule has 3 rings (SSSR count). The Morgan fingerprint density at radius 1 is 0.882 bits per heavy atom. The molecule has 34 heavy (non-hydrogen) atoms. The van der Waals surface area contributed by atoms with E-state index < -0.39 is 29.6 Å². The molecule has 0 fully saturated rings. The molecule has 0 spiro atoms. The van der Waals surface area contributed by atoms with Crippen molar-refractivity contribution in [2.75, 3.05) is 28.6 Å². The van der Waals surface area contributed by atoms with E-state index in [0.717, 1.165) is 12.1 Å². The third-order valence-electron chi connectivity index (χ3n) is 4.55. The van der Waals surface area contributed by atoms with Crippen LogP contribution in [0, 0.1) is 5.82 Å². The lowest BCUT2D eigenvalue weighted by Crippen LogP contribution is -2.42. The summed E-state index contributed by atoms with van der Waals surface area (Å²) in [6.45, 7) is -0.0583. The zero-order chi connectivity index (χ0) is 24.7. The Morgan fingerprint density at radius 3 is 2.21 bits per heavy atom. The molecule has 0 saturated carbocycles. The van der Waals surface area contributed by atoms with Crippen molar-refractivity contribution in [1.82, 2.24) is 5.32 Å². The van der Waals surface area contributed by atoms with Gasteiger partial charge < -0.3 is 16.0 Å². The summed E-state index contributed by atoms with van der Waals surface area (Å²) < 4.78 is 51.8. The molecular weight excluding hydrogens is 476 g/mol. The van der Waals surface area contributed by atoms with Gasteiger partial charge in [-0.3, -0.25) is 4.90 Å². The molecular formula is C23H19ClF4N4O2. The van der Waals surface area contributed by atoms with E-state index >= 15 is 0 Å². The topological polar surface area (TPSA) is 73.5 Å². The fourth-order valence-corrected chi connectivity index (χ4v) is 3.05. The summed E-state index contributed by atoms with van der Waals surface area (Å²) in [6, 6.07) is 14.5. The zero-order valence-electron chi connectivity index (χ0n) is 17.5. The molecule has 178 valence electrons. The normalized spacial score (nSPS) is 11.0. The summed E-state index contributed by atoms with van der Waals surface area (Å²) in [4.78, 5) is 26.3. The van der Waals surface area contributed by atoms with Gasteiger partial charge >= 0.3 is 18.2 Å². The van der Waals surface area contributed by atoms with E-state index in [2.05, 4.69) is 16.0 Å². The molecule has 0 heterocycles. The summed E-state index contributed by atoms with van der Waals surface area (Å²) >= 11 is 5.85. The molecule has 6 nitrogen and oxygen atoms in total. The van der Waals surface area contributed by atoms with Crippen LogP contribution in [-0.4, -0.2) is 25.2 Å². The van der Waals surface area contributed by atoms with Gasteiger partial charge in [-0.25, -0.2) is 14.0 Å². The highest BCUT2D eigenvalue weighted by Gasteiger charge is 2.30. The van der Waals surface area contributed by atoms with Crippen molar-refractivity contribution < 1.29 is 27.2 Å². The second kappa shape index (κ2) is 10.9.